The maximum absolute atomic E-state index is 13.8. The van der Waals surface area contributed by atoms with Crippen LogP contribution in [0.1, 0.15) is 18.1 Å². The molecule has 0 unspecified atom stereocenters. The third-order valence-electron chi connectivity index (χ3n) is 3.11. The molecule has 3 N–H and O–H groups in total. The molecule has 112 valence electrons. The first-order chi connectivity index (χ1) is 9.96. The fourth-order valence-corrected chi connectivity index (χ4v) is 3.12. The molecule has 0 aliphatic rings. The molecule has 0 saturated heterocycles. The summed E-state index contributed by atoms with van der Waals surface area (Å²) in [5.41, 5.74) is 7.42. The summed E-state index contributed by atoms with van der Waals surface area (Å²) in [7, 11) is -3.98. The van der Waals surface area contributed by atoms with E-state index in [2.05, 4.69) is 4.72 Å². The molecule has 0 spiro atoms. The van der Waals surface area contributed by atoms with Crippen LogP contribution in [0.4, 0.5) is 10.1 Å². The first-order valence-electron chi connectivity index (χ1n) is 6.56. The van der Waals surface area contributed by atoms with Crippen molar-refractivity contribution < 1.29 is 12.8 Å². The largest absolute Gasteiger partial charge is 0.326 e. The summed E-state index contributed by atoms with van der Waals surface area (Å²) in [4.78, 5) is -0.396. The van der Waals surface area contributed by atoms with Crippen LogP contribution >= 0.6 is 0 Å². The number of rotatable bonds is 5. The van der Waals surface area contributed by atoms with Gasteiger partial charge in [-0.15, -0.1) is 0 Å². The zero-order valence-electron chi connectivity index (χ0n) is 11.6. The number of nitrogens with two attached hydrogens (primary N) is 1. The topological polar surface area (TPSA) is 72.2 Å². The summed E-state index contributed by atoms with van der Waals surface area (Å²) in [6, 6.07) is 10.8. The summed E-state index contributed by atoms with van der Waals surface area (Å²) in [5.74, 6) is -0.800. The number of hydrogen-bond donors (Lipinski definition) is 2. The standard InChI is InChI=1S/C15H17FN2O2S/c1-2-11-4-3-5-13(8-11)18-21(19,20)15-9-12(10-17)6-7-14(15)16/h3-9,18H,2,10,17H2,1H3. The summed E-state index contributed by atoms with van der Waals surface area (Å²) >= 11 is 0. The molecule has 2 rings (SSSR count). The van der Waals surface area contributed by atoms with Crippen molar-refractivity contribution in [3.63, 3.8) is 0 Å². The van der Waals surface area contributed by atoms with Gasteiger partial charge in [0.25, 0.3) is 10.0 Å². The van der Waals surface area contributed by atoms with Crippen LogP contribution in [0.5, 0.6) is 0 Å². The van der Waals surface area contributed by atoms with Gasteiger partial charge in [0.1, 0.15) is 10.7 Å². The van der Waals surface area contributed by atoms with Gasteiger partial charge in [0, 0.05) is 12.2 Å². The van der Waals surface area contributed by atoms with E-state index < -0.39 is 20.7 Å². The van der Waals surface area contributed by atoms with Crippen LogP contribution in [0.3, 0.4) is 0 Å². The van der Waals surface area contributed by atoms with Crippen molar-refractivity contribution in [2.45, 2.75) is 24.8 Å². The van der Waals surface area contributed by atoms with Crippen LogP contribution < -0.4 is 10.5 Å². The van der Waals surface area contributed by atoms with Crippen LogP contribution in [0.15, 0.2) is 47.4 Å². The third kappa shape index (κ3) is 3.59. The summed E-state index contributed by atoms with van der Waals surface area (Å²) in [6.07, 6.45) is 0.784. The Kier molecular flexibility index (Phi) is 4.59. The molecule has 0 aliphatic heterocycles. The molecule has 2 aromatic rings. The van der Waals surface area contributed by atoms with E-state index in [1.54, 1.807) is 18.2 Å². The second kappa shape index (κ2) is 6.24. The van der Waals surface area contributed by atoms with E-state index in [4.69, 9.17) is 5.73 Å². The number of sulfonamides is 1. The van der Waals surface area contributed by atoms with Crippen LogP contribution in [0, 0.1) is 5.82 Å². The Labute approximate surface area is 123 Å². The van der Waals surface area contributed by atoms with Gasteiger partial charge in [-0.25, -0.2) is 12.8 Å². The van der Waals surface area contributed by atoms with E-state index in [1.165, 1.54) is 12.1 Å². The lowest BCUT2D eigenvalue weighted by molar-refractivity contribution is 0.569. The zero-order chi connectivity index (χ0) is 15.5. The van der Waals surface area contributed by atoms with Gasteiger partial charge in [-0.05, 0) is 41.8 Å². The van der Waals surface area contributed by atoms with E-state index in [0.717, 1.165) is 18.1 Å². The molecule has 6 heteroatoms. The number of benzene rings is 2. The molecule has 0 heterocycles. The summed E-state index contributed by atoms with van der Waals surface area (Å²) in [5, 5.41) is 0. The van der Waals surface area contributed by atoms with Crippen LogP contribution in [0.2, 0.25) is 0 Å². The Balaban J connectivity index is 2.38. The highest BCUT2D eigenvalue weighted by Gasteiger charge is 2.19. The monoisotopic (exact) mass is 308 g/mol. The molecular formula is C15H17FN2O2S. The Morgan fingerprint density at radius 3 is 2.57 bits per heavy atom. The zero-order valence-corrected chi connectivity index (χ0v) is 12.5. The van der Waals surface area contributed by atoms with Gasteiger partial charge >= 0.3 is 0 Å². The molecule has 4 nitrogen and oxygen atoms in total. The van der Waals surface area contributed by atoms with Gasteiger partial charge in [0.15, 0.2) is 0 Å². The maximum atomic E-state index is 13.8. The smallest absolute Gasteiger partial charge is 0.264 e. The van der Waals surface area contributed by atoms with Crippen molar-refractivity contribution in [2.75, 3.05) is 4.72 Å². The average Bonchev–Trinajstić information content (AvgIpc) is 2.47. The molecule has 0 aliphatic carbocycles. The highest BCUT2D eigenvalue weighted by atomic mass is 32.2. The Morgan fingerprint density at radius 2 is 1.90 bits per heavy atom. The van der Waals surface area contributed by atoms with E-state index in [9.17, 15) is 12.8 Å². The predicted molar refractivity (Wildman–Crippen MR) is 80.9 cm³/mol. The lowest BCUT2D eigenvalue weighted by Gasteiger charge is -2.11. The molecule has 0 radical (unpaired) electrons. The Hall–Kier alpha value is -1.92. The van der Waals surface area contributed by atoms with Gasteiger partial charge in [-0.3, -0.25) is 4.72 Å². The van der Waals surface area contributed by atoms with Gasteiger partial charge < -0.3 is 5.73 Å². The second-order valence-corrected chi connectivity index (χ2v) is 6.28. The molecule has 0 bridgehead atoms. The lowest BCUT2D eigenvalue weighted by Crippen LogP contribution is -2.15. The fraction of sp³-hybridized carbons (Fsp3) is 0.200. The Morgan fingerprint density at radius 1 is 1.14 bits per heavy atom. The molecule has 2 aromatic carbocycles. The normalized spacial score (nSPS) is 11.4. The SMILES string of the molecule is CCc1cccc(NS(=O)(=O)c2cc(CN)ccc2F)c1. The molecule has 0 aromatic heterocycles. The minimum Gasteiger partial charge on any atom is -0.326 e. The van der Waals surface area contributed by atoms with E-state index in [1.807, 2.05) is 13.0 Å². The first kappa shape index (κ1) is 15.5. The number of nitrogens with one attached hydrogen (secondary N) is 1. The van der Waals surface area contributed by atoms with Gasteiger partial charge in [-0.1, -0.05) is 25.1 Å². The number of halogens is 1. The average molecular weight is 308 g/mol. The molecule has 0 atom stereocenters. The summed E-state index contributed by atoms with van der Waals surface area (Å²) < 4.78 is 40.8. The van der Waals surface area contributed by atoms with Crippen molar-refractivity contribution in [3.8, 4) is 0 Å². The van der Waals surface area contributed by atoms with Crippen molar-refractivity contribution in [1.29, 1.82) is 0 Å². The Bertz CT molecular complexity index is 745. The highest BCUT2D eigenvalue weighted by Crippen LogP contribution is 2.21. The molecule has 0 saturated carbocycles. The minimum atomic E-state index is -3.98. The number of aryl methyl sites for hydroxylation is 1. The van der Waals surface area contributed by atoms with Crippen molar-refractivity contribution in [2.24, 2.45) is 5.73 Å². The lowest BCUT2D eigenvalue weighted by atomic mass is 10.1. The van der Waals surface area contributed by atoms with Crippen molar-refractivity contribution >= 4 is 15.7 Å². The van der Waals surface area contributed by atoms with Crippen molar-refractivity contribution in [3.05, 3.63) is 59.4 Å². The first-order valence-corrected chi connectivity index (χ1v) is 8.05. The van der Waals surface area contributed by atoms with Gasteiger partial charge in [-0.2, -0.15) is 0 Å². The molecule has 21 heavy (non-hydrogen) atoms. The molecule has 0 amide bonds. The number of anilines is 1. The second-order valence-electron chi connectivity index (χ2n) is 4.63. The predicted octanol–water partition coefficient (Wildman–Crippen LogP) is 2.65. The number of hydrogen-bond acceptors (Lipinski definition) is 3. The third-order valence-corrected chi connectivity index (χ3v) is 4.50. The van der Waals surface area contributed by atoms with E-state index in [0.29, 0.717) is 11.3 Å². The quantitative estimate of drug-likeness (QED) is 0.892. The van der Waals surface area contributed by atoms with E-state index in [-0.39, 0.29) is 6.54 Å². The maximum Gasteiger partial charge on any atom is 0.264 e. The van der Waals surface area contributed by atoms with Crippen LogP contribution in [-0.2, 0) is 23.0 Å². The molecular weight excluding hydrogens is 291 g/mol. The van der Waals surface area contributed by atoms with Gasteiger partial charge in [0.05, 0.1) is 0 Å². The van der Waals surface area contributed by atoms with Crippen molar-refractivity contribution in [1.82, 2.24) is 0 Å². The fourth-order valence-electron chi connectivity index (χ4n) is 1.95. The molecule has 0 fully saturated rings. The highest BCUT2D eigenvalue weighted by molar-refractivity contribution is 7.92. The minimum absolute atomic E-state index is 0.147. The summed E-state index contributed by atoms with van der Waals surface area (Å²) in [6.45, 7) is 2.12. The van der Waals surface area contributed by atoms with Crippen LogP contribution in [0.25, 0.3) is 0 Å². The van der Waals surface area contributed by atoms with E-state index >= 15 is 0 Å². The van der Waals surface area contributed by atoms with Gasteiger partial charge in [0.2, 0.25) is 0 Å². The van der Waals surface area contributed by atoms with Crippen LogP contribution in [-0.4, -0.2) is 8.42 Å².